The van der Waals surface area contributed by atoms with E-state index < -0.39 is 0 Å². The smallest absolute Gasteiger partial charge is 0.219 e. The summed E-state index contributed by atoms with van der Waals surface area (Å²) in [6.07, 6.45) is 5.30. The van der Waals surface area contributed by atoms with Gasteiger partial charge in [0.1, 0.15) is 5.82 Å². The Balaban J connectivity index is 2.35. The minimum absolute atomic E-state index is 0.0156. The van der Waals surface area contributed by atoms with Gasteiger partial charge in [-0.2, -0.15) is 0 Å². The van der Waals surface area contributed by atoms with Gasteiger partial charge in [-0.15, -0.1) is 0 Å². The number of halogens is 1. The Labute approximate surface area is 112 Å². The van der Waals surface area contributed by atoms with Crippen molar-refractivity contribution >= 4 is 16.9 Å². The number of benzene rings is 1. The SMILES string of the molecule is C=C(CCCCCC)C(=O)Sc1ccc(F)cc1. The number of hydrogen-bond donors (Lipinski definition) is 0. The Morgan fingerprint density at radius 2 is 1.89 bits per heavy atom. The van der Waals surface area contributed by atoms with Crippen LogP contribution in [0.3, 0.4) is 0 Å². The van der Waals surface area contributed by atoms with E-state index in [2.05, 4.69) is 13.5 Å². The lowest BCUT2D eigenvalue weighted by atomic mass is 10.1. The maximum Gasteiger partial charge on any atom is 0.219 e. The summed E-state index contributed by atoms with van der Waals surface area (Å²) >= 11 is 1.12. The molecule has 0 bridgehead atoms. The number of thioether (sulfide) groups is 1. The standard InChI is InChI=1S/C15H19FOS/c1-3-4-5-6-7-12(2)15(17)18-14-10-8-13(16)9-11-14/h8-11H,2-7H2,1H3. The minimum Gasteiger partial charge on any atom is -0.282 e. The van der Waals surface area contributed by atoms with Gasteiger partial charge in [-0.1, -0.05) is 32.8 Å². The average Bonchev–Trinajstić information content (AvgIpc) is 2.37. The van der Waals surface area contributed by atoms with Crippen LogP contribution in [0.5, 0.6) is 0 Å². The Bertz CT molecular complexity index is 397. The van der Waals surface area contributed by atoms with Crippen molar-refractivity contribution < 1.29 is 9.18 Å². The van der Waals surface area contributed by atoms with Gasteiger partial charge in [0.2, 0.25) is 5.12 Å². The lowest BCUT2D eigenvalue weighted by Gasteiger charge is -2.04. The zero-order valence-corrected chi connectivity index (χ0v) is 11.6. The second-order valence-electron chi connectivity index (χ2n) is 4.26. The van der Waals surface area contributed by atoms with Crippen LogP contribution >= 0.6 is 11.8 Å². The molecule has 0 fully saturated rings. The Kier molecular flexibility index (Phi) is 6.73. The second-order valence-corrected chi connectivity index (χ2v) is 5.30. The summed E-state index contributed by atoms with van der Waals surface area (Å²) in [5, 5.41) is -0.0156. The van der Waals surface area contributed by atoms with E-state index in [0.29, 0.717) is 5.57 Å². The first-order valence-electron chi connectivity index (χ1n) is 6.29. The summed E-state index contributed by atoms with van der Waals surface area (Å²) in [6.45, 7) is 5.98. The second kappa shape index (κ2) is 8.09. The third-order valence-electron chi connectivity index (χ3n) is 2.64. The van der Waals surface area contributed by atoms with E-state index in [1.807, 2.05) is 0 Å². The third kappa shape index (κ3) is 5.50. The van der Waals surface area contributed by atoms with Crippen LogP contribution in [0, 0.1) is 5.82 Å². The Hall–Kier alpha value is -1.09. The van der Waals surface area contributed by atoms with Crippen LogP contribution in [0.2, 0.25) is 0 Å². The molecule has 0 heterocycles. The lowest BCUT2D eigenvalue weighted by Crippen LogP contribution is -1.96. The van der Waals surface area contributed by atoms with Crippen LogP contribution in [-0.2, 0) is 4.79 Å². The molecule has 0 saturated carbocycles. The van der Waals surface area contributed by atoms with Gasteiger partial charge in [0, 0.05) is 4.90 Å². The molecule has 0 atom stereocenters. The zero-order chi connectivity index (χ0) is 13.4. The summed E-state index contributed by atoms with van der Waals surface area (Å²) in [5.41, 5.74) is 0.653. The third-order valence-corrected chi connectivity index (χ3v) is 3.63. The molecule has 0 aliphatic rings. The number of unbranched alkanes of at least 4 members (excludes halogenated alkanes) is 3. The van der Waals surface area contributed by atoms with E-state index >= 15 is 0 Å². The van der Waals surface area contributed by atoms with E-state index in [1.165, 1.54) is 25.0 Å². The first-order chi connectivity index (χ1) is 8.63. The molecule has 98 valence electrons. The lowest BCUT2D eigenvalue weighted by molar-refractivity contribution is -0.108. The molecule has 0 saturated heterocycles. The maximum absolute atomic E-state index is 12.7. The summed E-state index contributed by atoms with van der Waals surface area (Å²) in [5.74, 6) is -0.287. The number of carbonyl (C=O) groups is 1. The number of hydrogen-bond acceptors (Lipinski definition) is 2. The highest BCUT2D eigenvalue weighted by molar-refractivity contribution is 8.14. The van der Waals surface area contributed by atoms with Crippen LogP contribution in [0.4, 0.5) is 4.39 Å². The fraction of sp³-hybridized carbons (Fsp3) is 0.400. The van der Waals surface area contributed by atoms with Gasteiger partial charge in [0.15, 0.2) is 0 Å². The molecule has 0 N–H and O–H groups in total. The van der Waals surface area contributed by atoms with Gasteiger partial charge in [-0.05, 0) is 54.4 Å². The topological polar surface area (TPSA) is 17.1 Å². The largest absolute Gasteiger partial charge is 0.282 e. The van der Waals surface area contributed by atoms with E-state index in [9.17, 15) is 9.18 Å². The molecule has 0 aliphatic heterocycles. The van der Waals surface area contributed by atoms with Crippen LogP contribution in [-0.4, -0.2) is 5.12 Å². The predicted molar refractivity (Wildman–Crippen MR) is 75.2 cm³/mol. The molecule has 1 rings (SSSR count). The first kappa shape index (κ1) is 15.0. The molecule has 3 heteroatoms. The van der Waals surface area contributed by atoms with E-state index in [1.54, 1.807) is 12.1 Å². The van der Waals surface area contributed by atoms with E-state index in [0.717, 1.165) is 35.9 Å². The van der Waals surface area contributed by atoms with Crippen LogP contribution in [0.1, 0.15) is 39.0 Å². The van der Waals surface area contributed by atoms with Crippen molar-refractivity contribution in [2.24, 2.45) is 0 Å². The van der Waals surface area contributed by atoms with Gasteiger partial charge < -0.3 is 0 Å². The minimum atomic E-state index is -0.287. The highest BCUT2D eigenvalue weighted by Gasteiger charge is 2.09. The molecule has 0 amide bonds. The molecule has 0 radical (unpaired) electrons. The fourth-order valence-electron chi connectivity index (χ4n) is 1.55. The van der Waals surface area contributed by atoms with Crippen molar-refractivity contribution in [2.45, 2.75) is 43.9 Å². The van der Waals surface area contributed by atoms with Crippen molar-refractivity contribution in [3.8, 4) is 0 Å². The summed E-state index contributed by atoms with van der Waals surface area (Å²) in [4.78, 5) is 12.6. The van der Waals surface area contributed by atoms with Crippen molar-refractivity contribution in [1.82, 2.24) is 0 Å². The van der Waals surface area contributed by atoms with Crippen molar-refractivity contribution in [2.75, 3.05) is 0 Å². The van der Waals surface area contributed by atoms with Gasteiger partial charge in [-0.25, -0.2) is 4.39 Å². The quantitative estimate of drug-likeness (QED) is 0.394. The van der Waals surface area contributed by atoms with Gasteiger partial charge >= 0.3 is 0 Å². The molecule has 1 nitrogen and oxygen atoms in total. The average molecular weight is 266 g/mol. The van der Waals surface area contributed by atoms with Gasteiger partial charge in [0.25, 0.3) is 0 Å². The molecular weight excluding hydrogens is 247 g/mol. The van der Waals surface area contributed by atoms with Crippen molar-refractivity contribution in [1.29, 1.82) is 0 Å². The summed E-state index contributed by atoms with van der Waals surface area (Å²) in [6, 6.07) is 5.95. The fourth-order valence-corrected chi connectivity index (χ4v) is 2.28. The Morgan fingerprint density at radius 1 is 1.22 bits per heavy atom. The van der Waals surface area contributed by atoms with E-state index in [4.69, 9.17) is 0 Å². The van der Waals surface area contributed by atoms with Crippen molar-refractivity contribution in [3.05, 3.63) is 42.2 Å². The summed E-state index contributed by atoms with van der Waals surface area (Å²) < 4.78 is 12.7. The zero-order valence-electron chi connectivity index (χ0n) is 10.7. The monoisotopic (exact) mass is 266 g/mol. The predicted octanol–water partition coefficient (Wildman–Crippen LogP) is 4.97. The Morgan fingerprint density at radius 3 is 2.50 bits per heavy atom. The first-order valence-corrected chi connectivity index (χ1v) is 7.10. The normalized spacial score (nSPS) is 10.3. The molecule has 0 unspecified atom stereocenters. The van der Waals surface area contributed by atoms with Crippen LogP contribution < -0.4 is 0 Å². The molecule has 1 aromatic rings. The van der Waals surface area contributed by atoms with Crippen LogP contribution in [0.15, 0.2) is 41.3 Å². The summed E-state index contributed by atoms with van der Waals surface area (Å²) in [7, 11) is 0. The molecule has 18 heavy (non-hydrogen) atoms. The molecule has 0 spiro atoms. The number of carbonyl (C=O) groups excluding carboxylic acids is 1. The van der Waals surface area contributed by atoms with Gasteiger partial charge in [0.05, 0.1) is 0 Å². The molecule has 1 aromatic carbocycles. The highest BCUT2D eigenvalue weighted by Crippen LogP contribution is 2.24. The highest BCUT2D eigenvalue weighted by atomic mass is 32.2. The maximum atomic E-state index is 12.7. The molecule has 0 aromatic heterocycles. The molecular formula is C15H19FOS. The van der Waals surface area contributed by atoms with Gasteiger partial charge in [-0.3, -0.25) is 4.79 Å². The number of rotatable bonds is 7. The van der Waals surface area contributed by atoms with Crippen LogP contribution in [0.25, 0.3) is 0 Å². The van der Waals surface area contributed by atoms with Crippen molar-refractivity contribution in [3.63, 3.8) is 0 Å². The molecule has 0 aliphatic carbocycles. The van der Waals surface area contributed by atoms with E-state index in [-0.39, 0.29) is 10.9 Å².